The van der Waals surface area contributed by atoms with Gasteiger partial charge in [0.1, 0.15) is 0 Å². The lowest BCUT2D eigenvalue weighted by Crippen LogP contribution is -2.14. The molecule has 0 aliphatic carbocycles. The van der Waals surface area contributed by atoms with Crippen molar-refractivity contribution in [2.24, 2.45) is 0 Å². The number of sulfone groups is 1. The lowest BCUT2D eigenvalue weighted by Gasteiger charge is -2.08. The fourth-order valence-electron chi connectivity index (χ4n) is 1.19. The van der Waals surface area contributed by atoms with E-state index in [0.29, 0.717) is 4.47 Å². The van der Waals surface area contributed by atoms with E-state index in [-0.39, 0.29) is 17.1 Å². The first-order valence-electron chi connectivity index (χ1n) is 4.72. The van der Waals surface area contributed by atoms with E-state index in [1.165, 1.54) is 18.2 Å². The lowest BCUT2D eigenvalue weighted by molar-refractivity contribution is 0.0692. The molecular formula is C10H11BrO5S. The summed E-state index contributed by atoms with van der Waals surface area (Å²) in [7, 11) is -3.75. The maximum Gasteiger partial charge on any atom is 0.337 e. The van der Waals surface area contributed by atoms with Crippen LogP contribution in [0.15, 0.2) is 27.6 Å². The number of aromatic carboxylic acids is 1. The fourth-order valence-corrected chi connectivity index (χ4v) is 3.01. The zero-order chi connectivity index (χ0) is 13.1. The molecule has 1 aromatic carbocycles. The summed E-state index contributed by atoms with van der Waals surface area (Å²) in [5.41, 5.74) is -0.257. The summed E-state index contributed by atoms with van der Waals surface area (Å²) < 4.78 is 29.0. The molecule has 0 heterocycles. The van der Waals surface area contributed by atoms with E-state index in [1.807, 2.05) is 0 Å². The summed E-state index contributed by atoms with van der Waals surface area (Å²) in [5, 5.41) is 8.92. The second kappa shape index (κ2) is 5.61. The molecule has 0 unspecified atom stereocenters. The molecule has 0 fully saturated rings. The number of carbonyl (C=O) groups is 1. The minimum atomic E-state index is -3.75. The number of halogens is 1. The third-order valence-corrected chi connectivity index (χ3v) is 3.93. The van der Waals surface area contributed by atoms with Crippen LogP contribution >= 0.6 is 15.9 Å². The highest BCUT2D eigenvalue weighted by Gasteiger charge is 2.22. The molecule has 94 valence electrons. The van der Waals surface area contributed by atoms with Crippen molar-refractivity contribution in [2.75, 3.05) is 12.5 Å². The minimum absolute atomic E-state index is 0.243. The van der Waals surface area contributed by atoms with Gasteiger partial charge in [-0.1, -0.05) is 15.9 Å². The summed E-state index contributed by atoms with van der Waals surface area (Å²) in [6.45, 7) is 1.91. The molecule has 5 nitrogen and oxygen atoms in total. The van der Waals surface area contributed by atoms with Gasteiger partial charge in [0.15, 0.2) is 5.94 Å². The van der Waals surface area contributed by atoms with Gasteiger partial charge in [0.25, 0.3) is 0 Å². The molecule has 0 radical (unpaired) electrons. The maximum absolute atomic E-state index is 11.9. The summed E-state index contributed by atoms with van der Waals surface area (Å²) in [6.07, 6.45) is 0. The number of carboxylic acids is 1. The Balaban J connectivity index is 3.28. The van der Waals surface area contributed by atoms with Crippen molar-refractivity contribution < 1.29 is 23.1 Å². The summed E-state index contributed by atoms with van der Waals surface area (Å²) >= 11 is 3.11. The number of carboxylic acid groups (broad SMARTS) is 1. The van der Waals surface area contributed by atoms with E-state index in [2.05, 4.69) is 15.9 Å². The maximum atomic E-state index is 11.9. The van der Waals surface area contributed by atoms with Crippen molar-refractivity contribution in [2.45, 2.75) is 11.8 Å². The number of rotatable bonds is 5. The van der Waals surface area contributed by atoms with Gasteiger partial charge in [-0.2, -0.15) is 0 Å². The van der Waals surface area contributed by atoms with Crippen LogP contribution in [-0.4, -0.2) is 32.0 Å². The van der Waals surface area contributed by atoms with Gasteiger partial charge in [0.05, 0.1) is 10.5 Å². The Morgan fingerprint density at radius 1 is 1.47 bits per heavy atom. The van der Waals surface area contributed by atoms with Crippen molar-refractivity contribution in [3.63, 3.8) is 0 Å². The molecule has 0 atom stereocenters. The highest BCUT2D eigenvalue weighted by Crippen LogP contribution is 2.22. The minimum Gasteiger partial charge on any atom is -0.478 e. The fraction of sp³-hybridized carbons (Fsp3) is 0.300. The molecule has 0 saturated carbocycles. The summed E-state index contributed by atoms with van der Waals surface area (Å²) in [6, 6.07) is 3.98. The van der Waals surface area contributed by atoms with E-state index >= 15 is 0 Å². The van der Waals surface area contributed by atoms with E-state index in [4.69, 9.17) is 9.84 Å². The van der Waals surface area contributed by atoms with Gasteiger partial charge >= 0.3 is 5.97 Å². The smallest absolute Gasteiger partial charge is 0.337 e. The highest BCUT2D eigenvalue weighted by atomic mass is 79.9. The van der Waals surface area contributed by atoms with Gasteiger partial charge in [0.2, 0.25) is 9.84 Å². The largest absolute Gasteiger partial charge is 0.478 e. The van der Waals surface area contributed by atoms with Gasteiger partial charge in [-0.05, 0) is 25.1 Å². The zero-order valence-corrected chi connectivity index (χ0v) is 11.4. The average molecular weight is 323 g/mol. The van der Waals surface area contributed by atoms with Crippen molar-refractivity contribution in [3.05, 3.63) is 28.2 Å². The second-order valence-corrected chi connectivity index (χ2v) is 5.99. The predicted molar refractivity (Wildman–Crippen MR) is 64.8 cm³/mol. The van der Waals surface area contributed by atoms with Crippen LogP contribution in [0.4, 0.5) is 0 Å². The monoisotopic (exact) mass is 322 g/mol. The van der Waals surface area contributed by atoms with Crippen LogP contribution in [0.2, 0.25) is 0 Å². The van der Waals surface area contributed by atoms with E-state index in [9.17, 15) is 13.2 Å². The molecule has 0 spiro atoms. The molecule has 0 aromatic heterocycles. The van der Waals surface area contributed by atoms with Crippen LogP contribution in [0.3, 0.4) is 0 Å². The molecule has 1 aromatic rings. The van der Waals surface area contributed by atoms with Crippen molar-refractivity contribution >= 4 is 31.7 Å². The lowest BCUT2D eigenvalue weighted by atomic mass is 10.2. The highest BCUT2D eigenvalue weighted by molar-refractivity contribution is 9.10. The molecule has 1 rings (SSSR count). The third kappa shape index (κ3) is 3.52. The van der Waals surface area contributed by atoms with Crippen LogP contribution in [0.5, 0.6) is 0 Å². The Morgan fingerprint density at radius 2 is 2.12 bits per heavy atom. The van der Waals surface area contributed by atoms with Crippen LogP contribution in [0.25, 0.3) is 0 Å². The Kier molecular flexibility index (Phi) is 4.67. The normalized spacial score (nSPS) is 11.4. The molecule has 0 aliphatic rings. The number of hydrogen-bond acceptors (Lipinski definition) is 4. The van der Waals surface area contributed by atoms with Crippen molar-refractivity contribution in [1.82, 2.24) is 0 Å². The Hall–Kier alpha value is -0.920. The van der Waals surface area contributed by atoms with E-state index in [0.717, 1.165) is 0 Å². The summed E-state index contributed by atoms with van der Waals surface area (Å²) in [4.78, 5) is 10.7. The third-order valence-electron chi connectivity index (χ3n) is 1.95. The SMILES string of the molecule is CCOCS(=O)(=O)c1cc(Br)ccc1C(=O)O. The number of ether oxygens (including phenoxy) is 1. The Labute approximate surface area is 107 Å². The molecule has 1 N–H and O–H groups in total. The van der Waals surface area contributed by atoms with Crippen LogP contribution < -0.4 is 0 Å². The standard InChI is InChI=1S/C10H11BrO5S/c1-2-16-6-17(14,15)9-5-7(11)3-4-8(9)10(12)13/h3-5H,2,6H2,1H3,(H,12,13). The Bertz CT molecular complexity index is 523. The predicted octanol–water partition coefficient (Wildman–Crippen LogP) is 1.92. The van der Waals surface area contributed by atoms with Crippen molar-refractivity contribution in [3.8, 4) is 0 Å². The second-order valence-electron chi connectivity index (χ2n) is 3.17. The number of benzene rings is 1. The first-order valence-corrected chi connectivity index (χ1v) is 7.16. The molecule has 7 heteroatoms. The van der Waals surface area contributed by atoms with Crippen LogP contribution in [0, 0.1) is 0 Å². The van der Waals surface area contributed by atoms with E-state index < -0.39 is 21.7 Å². The van der Waals surface area contributed by atoms with Gasteiger partial charge < -0.3 is 9.84 Å². The van der Waals surface area contributed by atoms with Crippen LogP contribution in [0.1, 0.15) is 17.3 Å². The quantitative estimate of drug-likeness (QED) is 0.895. The first kappa shape index (κ1) is 14.1. The van der Waals surface area contributed by atoms with Gasteiger partial charge in [-0.15, -0.1) is 0 Å². The topological polar surface area (TPSA) is 80.7 Å². The first-order chi connectivity index (χ1) is 7.88. The molecule has 0 amide bonds. The summed E-state index contributed by atoms with van der Waals surface area (Å²) in [5.74, 6) is -1.81. The van der Waals surface area contributed by atoms with Gasteiger partial charge in [0, 0.05) is 11.1 Å². The molecule has 0 saturated heterocycles. The molecule has 17 heavy (non-hydrogen) atoms. The number of hydrogen-bond donors (Lipinski definition) is 1. The Morgan fingerprint density at radius 3 is 2.65 bits per heavy atom. The van der Waals surface area contributed by atoms with Gasteiger partial charge in [-0.3, -0.25) is 0 Å². The molecular weight excluding hydrogens is 312 g/mol. The average Bonchev–Trinajstić information content (AvgIpc) is 2.26. The van der Waals surface area contributed by atoms with Gasteiger partial charge in [-0.25, -0.2) is 13.2 Å². The van der Waals surface area contributed by atoms with Crippen LogP contribution in [-0.2, 0) is 14.6 Å². The van der Waals surface area contributed by atoms with E-state index in [1.54, 1.807) is 6.92 Å². The molecule has 0 aliphatic heterocycles. The molecule has 0 bridgehead atoms. The van der Waals surface area contributed by atoms with Crippen molar-refractivity contribution in [1.29, 1.82) is 0 Å². The zero-order valence-electron chi connectivity index (χ0n) is 9.01.